The van der Waals surface area contributed by atoms with Gasteiger partial charge in [-0.1, -0.05) is 57.9 Å². The fourth-order valence-corrected chi connectivity index (χ4v) is 5.43. The minimum atomic E-state index is -0.470. The van der Waals surface area contributed by atoms with E-state index in [1.807, 2.05) is 31.2 Å². The number of rotatable bonds is 9. The molecule has 174 valence electrons. The molecule has 3 aromatic carbocycles. The van der Waals surface area contributed by atoms with Crippen LogP contribution in [0.2, 0.25) is 0 Å². The second kappa shape index (κ2) is 9.34. The number of nitro benzene ring substituents is 1. The number of hydrogen-bond acceptors (Lipinski definition) is 4. The van der Waals surface area contributed by atoms with Gasteiger partial charge in [-0.3, -0.25) is 19.7 Å². The number of fused-ring (bicyclic) bond motifs is 3. The first-order valence-electron chi connectivity index (χ1n) is 12.0. The van der Waals surface area contributed by atoms with Crippen molar-refractivity contribution in [2.45, 2.75) is 58.3 Å². The summed E-state index contributed by atoms with van der Waals surface area (Å²) in [5, 5.41) is 11.0. The highest BCUT2D eigenvalue weighted by molar-refractivity contribution is 6.09. The van der Waals surface area contributed by atoms with Gasteiger partial charge in [-0.05, 0) is 59.4 Å². The summed E-state index contributed by atoms with van der Waals surface area (Å²) < 4.78 is 0. The van der Waals surface area contributed by atoms with Crippen LogP contribution in [0.4, 0.5) is 5.69 Å². The quantitative estimate of drug-likeness (QED) is 0.193. The van der Waals surface area contributed by atoms with E-state index in [9.17, 15) is 19.7 Å². The second-order valence-corrected chi connectivity index (χ2v) is 9.01. The molecule has 0 atom stereocenters. The Morgan fingerprint density at radius 3 is 1.76 bits per heavy atom. The summed E-state index contributed by atoms with van der Waals surface area (Å²) in [6.45, 7) is 6.22. The van der Waals surface area contributed by atoms with E-state index in [2.05, 4.69) is 26.0 Å². The third-order valence-electron chi connectivity index (χ3n) is 6.96. The predicted octanol–water partition coefficient (Wildman–Crippen LogP) is 7.29. The van der Waals surface area contributed by atoms with Gasteiger partial charge in [0.05, 0.1) is 4.92 Å². The van der Waals surface area contributed by atoms with Crippen molar-refractivity contribution in [3.63, 3.8) is 0 Å². The van der Waals surface area contributed by atoms with Gasteiger partial charge < -0.3 is 0 Å². The number of ketones is 2. The highest BCUT2D eigenvalue weighted by atomic mass is 16.6. The molecule has 3 aromatic rings. The Balaban J connectivity index is 1.84. The van der Waals surface area contributed by atoms with Crippen molar-refractivity contribution in [1.29, 1.82) is 0 Å². The Bertz CT molecular complexity index is 1270. The van der Waals surface area contributed by atoms with Gasteiger partial charge in [-0.25, -0.2) is 0 Å². The number of nitro groups is 1. The van der Waals surface area contributed by atoms with Crippen molar-refractivity contribution in [3.8, 4) is 11.1 Å². The van der Waals surface area contributed by atoms with Crippen LogP contribution in [0, 0.1) is 10.1 Å². The lowest BCUT2D eigenvalue weighted by Crippen LogP contribution is -2.25. The molecule has 0 bridgehead atoms. The van der Waals surface area contributed by atoms with Gasteiger partial charge in [0.1, 0.15) is 0 Å². The van der Waals surface area contributed by atoms with Gasteiger partial charge in [-0.15, -0.1) is 0 Å². The third kappa shape index (κ3) is 3.85. The van der Waals surface area contributed by atoms with Gasteiger partial charge in [0.2, 0.25) is 0 Å². The van der Waals surface area contributed by atoms with Gasteiger partial charge in [0.25, 0.3) is 5.69 Å². The first-order valence-corrected chi connectivity index (χ1v) is 12.0. The van der Waals surface area contributed by atoms with Crippen LogP contribution in [0.5, 0.6) is 0 Å². The van der Waals surface area contributed by atoms with Gasteiger partial charge in [0, 0.05) is 40.7 Å². The van der Waals surface area contributed by atoms with Crippen LogP contribution in [0.1, 0.15) is 90.3 Å². The smallest absolute Gasteiger partial charge is 0.269 e. The van der Waals surface area contributed by atoms with E-state index in [0.29, 0.717) is 17.5 Å². The van der Waals surface area contributed by atoms with Crippen molar-refractivity contribution in [1.82, 2.24) is 0 Å². The summed E-state index contributed by atoms with van der Waals surface area (Å²) in [6, 6.07) is 17.7. The number of non-ortho nitro benzene ring substituents is 1. The lowest BCUT2D eigenvalue weighted by atomic mass is 9.71. The molecule has 34 heavy (non-hydrogen) atoms. The van der Waals surface area contributed by atoms with Gasteiger partial charge in [0.15, 0.2) is 11.6 Å². The van der Waals surface area contributed by atoms with Gasteiger partial charge >= 0.3 is 0 Å². The van der Waals surface area contributed by atoms with Crippen LogP contribution in [0.3, 0.4) is 0 Å². The molecule has 4 rings (SSSR count). The van der Waals surface area contributed by atoms with E-state index in [0.717, 1.165) is 47.9 Å². The molecular weight excluding hydrogens is 426 g/mol. The van der Waals surface area contributed by atoms with Crippen LogP contribution in [-0.4, -0.2) is 16.5 Å². The minimum Gasteiger partial charge on any atom is -0.294 e. The SMILES string of the molecule is CCCC1(CCC)c2cc(C(=O)CC)ccc2-c2ccc(C(=O)c3ccc([N+](=O)[O-])cc3)cc21. The molecule has 0 heterocycles. The van der Waals surface area contributed by atoms with E-state index < -0.39 is 4.92 Å². The zero-order valence-electron chi connectivity index (χ0n) is 19.9. The molecule has 1 aliphatic rings. The highest BCUT2D eigenvalue weighted by Gasteiger charge is 2.42. The van der Waals surface area contributed by atoms with E-state index in [4.69, 9.17) is 0 Å². The Kier molecular flexibility index (Phi) is 6.47. The highest BCUT2D eigenvalue weighted by Crippen LogP contribution is 2.54. The average Bonchev–Trinajstić information content (AvgIpc) is 3.12. The number of nitrogens with zero attached hydrogens (tertiary/aromatic N) is 1. The third-order valence-corrected chi connectivity index (χ3v) is 6.96. The number of benzene rings is 3. The summed E-state index contributed by atoms with van der Waals surface area (Å²) in [4.78, 5) is 36.3. The molecule has 0 spiro atoms. The molecule has 0 saturated heterocycles. The number of hydrogen-bond donors (Lipinski definition) is 0. The van der Waals surface area contributed by atoms with Crippen molar-refractivity contribution in [3.05, 3.63) is 98.6 Å². The summed E-state index contributed by atoms with van der Waals surface area (Å²) in [6.07, 6.45) is 4.28. The topological polar surface area (TPSA) is 77.3 Å². The molecule has 0 radical (unpaired) electrons. The Hall–Kier alpha value is -3.60. The molecule has 0 aromatic heterocycles. The Labute approximate surface area is 200 Å². The Morgan fingerprint density at radius 2 is 1.26 bits per heavy atom. The maximum atomic E-state index is 13.3. The van der Waals surface area contributed by atoms with Crippen molar-refractivity contribution in [2.24, 2.45) is 0 Å². The fourth-order valence-electron chi connectivity index (χ4n) is 5.43. The molecule has 5 heteroatoms. The minimum absolute atomic E-state index is 0.0386. The zero-order chi connectivity index (χ0) is 24.5. The van der Waals surface area contributed by atoms with E-state index in [-0.39, 0.29) is 22.7 Å². The summed E-state index contributed by atoms with van der Waals surface area (Å²) in [5.41, 5.74) is 6.03. The molecule has 5 nitrogen and oxygen atoms in total. The van der Waals surface area contributed by atoms with E-state index in [1.165, 1.54) is 29.8 Å². The summed E-state index contributed by atoms with van der Waals surface area (Å²) in [7, 11) is 0. The zero-order valence-corrected chi connectivity index (χ0v) is 19.9. The lowest BCUT2D eigenvalue weighted by molar-refractivity contribution is -0.384. The first kappa shape index (κ1) is 23.6. The maximum Gasteiger partial charge on any atom is 0.269 e. The normalized spacial score (nSPS) is 13.3. The van der Waals surface area contributed by atoms with Crippen LogP contribution < -0.4 is 0 Å². The van der Waals surface area contributed by atoms with Crippen LogP contribution in [0.25, 0.3) is 11.1 Å². The lowest BCUT2D eigenvalue weighted by Gasteiger charge is -2.32. The predicted molar refractivity (Wildman–Crippen MR) is 134 cm³/mol. The molecule has 0 unspecified atom stereocenters. The first-order chi connectivity index (χ1) is 16.4. The largest absolute Gasteiger partial charge is 0.294 e. The molecule has 0 fully saturated rings. The second-order valence-electron chi connectivity index (χ2n) is 9.01. The molecular formula is C29H29NO4. The molecule has 0 N–H and O–H groups in total. The standard InChI is InChI=1S/C29H29NO4/c1-4-15-29(16-5-2)25-17-20(27(31)6-3)9-13-23(25)24-14-10-21(18-26(24)29)28(32)19-7-11-22(12-8-19)30(33)34/h7-14,17-18H,4-6,15-16H2,1-3H3. The Morgan fingerprint density at radius 1 is 0.765 bits per heavy atom. The van der Waals surface area contributed by atoms with Crippen molar-refractivity contribution in [2.75, 3.05) is 0 Å². The maximum absolute atomic E-state index is 13.3. The molecule has 0 saturated carbocycles. The van der Waals surface area contributed by atoms with Crippen LogP contribution in [-0.2, 0) is 5.41 Å². The number of Topliss-reactive ketones (excluding diaryl/α,β-unsaturated/α-hetero) is 1. The van der Waals surface area contributed by atoms with Crippen molar-refractivity contribution >= 4 is 17.3 Å². The van der Waals surface area contributed by atoms with Crippen molar-refractivity contribution < 1.29 is 14.5 Å². The number of carbonyl (C=O) groups excluding carboxylic acids is 2. The van der Waals surface area contributed by atoms with Crippen LogP contribution in [0.15, 0.2) is 60.7 Å². The fraction of sp³-hybridized carbons (Fsp3) is 0.310. The molecule has 0 amide bonds. The summed E-state index contributed by atoms with van der Waals surface area (Å²) in [5.74, 6) is -0.0212. The number of carbonyl (C=O) groups is 2. The average molecular weight is 456 g/mol. The van der Waals surface area contributed by atoms with E-state index >= 15 is 0 Å². The van der Waals surface area contributed by atoms with E-state index in [1.54, 1.807) is 0 Å². The molecule has 0 aliphatic heterocycles. The van der Waals surface area contributed by atoms with Gasteiger partial charge in [-0.2, -0.15) is 0 Å². The summed E-state index contributed by atoms with van der Waals surface area (Å²) >= 11 is 0. The monoisotopic (exact) mass is 455 g/mol. The molecule has 1 aliphatic carbocycles. The van der Waals surface area contributed by atoms with Crippen LogP contribution >= 0.6 is 0 Å².